The molecule has 0 radical (unpaired) electrons. The summed E-state index contributed by atoms with van der Waals surface area (Å²) in [6.45, 7) is 9.98. The second-order valence-corrected chi connectivity index (χ2v) is 8.92. The molecule has 122 valence electrons. The van der Waals surface area contributed by atoms with E-state index in [-0.39, 0.29) is 0 Å². The van der Waals surface area contributed by atoms with Gasteiger partial charge in [0.1, 0.15) is 0 Å². The largest absolute Gasteiger partial charge is 0.326 e. The molecule has 0 aromatic carbocycles. The average molecular weight is 293 g/mol. The fourth-order valence-electron chi connectivity index (χ4n) is 4.20. The van der Waals surface area contributed by atoms with Crippen molar-refractivity contribution in [2.24, 2.45) is 28.9 Å². The number of hydrogen-bond donors (Lipinski definition) is 1. The van der Waals surface area contributed by atoms with E-state index in [0.717, 1.165) is 17.8 Å². The minimum Gasteiger partial charge on any atom is -0.326 e. The highest BCUT2D eigenvalue weighted by atomic mass is 15.2. The Hall–Kier alpha value is -0.0800. The second-order valence-electron chi connectivity index (χ2n) is 8.92. The summed E-state index contributed by atoms with van der Waals surface area (Å²) < 4.78 is 0. The van der Waals surface area contributed by atoms with Gasteiger partial charge in [-0.1, -0.05) is 27.2 Å². The number of rotatable bonds is 7. The summed E-state index contributed by atoms with van der Waals surface area (Å²) >= 11 is 0. The van der Waals surface area contributed by atoms with E-state index in [9.17, 15) is 0 Å². The van der Waals surface area contributed by atoms with Gasteiger partial charge in [-0.3, -0.25) is 4.90 Å². The molecule has 3 rings (SSSR count). The molecule has 0 saturated heterocycles. The molecule has 0 aromatic heterocycles. The summed E-state index contributed by atoms with van der Waals surface area (Å²) in [6, 6.07) is 1.09. The zero-order valence-corrected chi connectivity index (χ0v) is 14.5. The van der Waals surface area contributed by atoms with E-state index < -0.39 is 0 Å². The van der Waals surface area contributed by atoms with Crippen molar-refractivity contribution in [3.8, 4) is 0 Å². The first-order chi connectivity index (χ1) is 9.99. The standard InChI is InChI=1S/C19H36N2/c1-4-19(2,3)16-9-10-17(20)18(11-16)21(12-14-5-6-14)13-15-7-8-15/h14-18H,4-13,20H2,1-3H3. The van der Waals surface area contributed by atoms with E-state index in [1.807, 2.05) is 0 Å². The van der Waals surface area contributed by atoms with Crippen LogP contribution in [0.5, 0.6) is 0 Å². The Balaban J connectivity index is 1.66. The fourth-order valence-corrected chi connectivity index (χ4v) is 4.20. The molecule has 21 heavy (non-hydrogen) atoms. The molecule has 2 nitrogen and oxygen atoms in total. The average Bonchev–Trinajstić information content (AvgIpc) is 3.34. The third-order valence-corrected chi connectivity index (χ3v) is 6.73. The lowest BCUT2D eigenvalue weighted by molar-refractivity contribution is 0.0548. The van der Waals surface area contributed by atoms with Crippen LogP contribution in [0, 0.1) is 23.2 Å². The molecule has 3 unspecified atom stereocenters. The second kappa shape index (κ2) is 6.20. The van der Waals surface area contributed by atoms with E-state index >= 15 is 0 Å². The highest BCUT2D eigenvalue weighted by Gasteiger charge is 2.40. The molecular weight excluding hydrogens is 256 g/mol. The van der Waals surface area contributed by atoms with Gasteiger partial charge in [0.25, 0.3) is 0 Å². The van der Waals surface area contributed by atoms with E-state index in [1.165, 1.54) is 64.5 Å². The molecule has 0 spiro atoms. The van der Waals surface area contributed by atoms with Crippen molar-refractivity contribution in [2.75, 3.05) is 13.1 Å². The number of nitrogens with two attached hydrogens (primary N) is 1. The van der Waals surface area contributed by atoms with Gasteiger partial charge < -0.3 is 5.73 Å². The lowest BCUT2D eigenvalue weighted by Crippen LogP contribution is -2.53. The van der Waals surface area contributed by atoms with Crippen molar-refractivity contribution in [1.82, 2.24) is 4.90 Å². The first-order valence-corrected chi connectivity index (χ1v) is 9.49. The quantitative estimate of drug-likeness (QED) is 0.767. The number of nitrogens with zero attached hydrogens (tertiary/aromatic N) is 1. The summed E-state index contributed by atoms with van der Waals surface area (Å²) in [7, 11) is 0. The van der Waals surface area contributed by atoms with Crippen LogP contribution in [0.1, 0.15) is 72.1 Å². The van der Waals surface area contributed by atoms with Crippen molar-refractivity contribution < 1.29 is 0 Å². The Bertz CT molecular complexity index is 329. The topological polar surface area (TPSA) is 29.3 Å². The normalized spacial score (nSPS) is 34.4. The van der Waals surface area contributed by atoms with Crippen molar-refractivity contribution in [2.45, 2.75) is 84.2 Å². The van der Waals surface area contributed by atoms with Crippen LogP contribution in [0.4, 0.5) is 0 Å². The predicted octanol–water partition coefficient (Wildman–Crippen LogP) is 4.04. The summed E-state index contributed by atoms with van der Waals surface area (Å²) in [5.74, 6) is 2.86. The Kier molecular flexibility index (Phi) is 4.66. The van der Waals surface area contributed by atoms with Gasteiger partial charge in [-0.05, 0) is 68.1 Å². The molecule has 3 fully saturated rings. The van der Waals surface area contributed by atoms with E-state index in [1.54, 1.807) is 0 Å². The maximum absolute atomic E-state index is 6.58. The Morgan fingerprint density at radius 3 is 2.00 bits per heavy atom. The highest BCUT2D eigenvalue weighted by molar-refractivity contribution is 4.96. The zero-order valence-electron chi connectivity index (χ0n) is 14.5. The first kappa shape index (κ1) is 15.8. The molecule has 3 aliphatic rings. The van der Waals surface area contributed by atoms with Crippen LogP contribution in [0.2, 0.25) is 0 Å². The van der Waals surface area contributed by atoms with Gasteiger partial charge in [0.05, 0.1) is 0 Å². The monoisotopic (exact) mass is 292 g/mol. The van der Waals surface area contributed by atoms with Crippen LogP contribution in [0.25, 0.3) is 0 Å². The van der Waals surface area contributed by atoms with Gasteiger partial charge in [-0.15, -0.1) is 0 Å². The van der Waals surface area contributed by atoms with Gasteiger partial charge in [-0.2, -0.15) is 0 Å². The van der Waals surface area contributed by atoms with Crippen LogP contribution >= 0.6 is 0 Å². The van der Waals surface area contributed by atoms with Crippen LogP contribution in [-0.4, -0.2) is 30.1 Å². The van der Waals surface area contributed by atoms with Crippen molar-refractivity contribution in [1.29, 1.82) is 0 Å². The van der Waals surface area contributed by atoms with E-state index in [4.69, 9.17) is 5.73 Å². The van der Waals surface area contributed by atoms with Crippen LogP contribution in [0.3, 0.4) is 0 Å². The summed E-state index contributed by atoms with van der Waals surface area (Å²) in [6.07, 6.45) is 11.1. The van der Waals surface area contributed by atoms with Crippen LogP contribution in [-0.2, 0) is 0 Å². The molecule has 3 saturated carbocycles. The van der Waals surface area contributed by atoms with E-state index in [2.05, 4.69) is 25.7 Å². The Morgan fingerprint density at radius 2 is 1.52 bits per heavy atom. The minimum atomic E-state index is 0.423. The third-order valence-electron chi connectivity index (χ3n) is 6.73. The summed E-state index contributed by atoms with van der Waals surface area (Å²) in [4.78, 5) is 2.83. The molecule has 0 aromatic rings. The van der Waals surface area contributed by atoms with E-state index in [0.29, 0.717) is 17.5 Å². The maximum Gasteiger partial charge on any atom is 0.0250 e. The van der Waals surface area contributed by atoms with Crippen LogP contribution in [0.15, 0.2) is 0 Å². The molecule has 3 atom stereocenters. The lowest BCUT2D eigenvalue weighted by atomic mass is 9.67. The molecule has 0 aliphatic heterocycles. The van der Waals surface area contributed by atoms with Gasteiger partial charge in [0.15, 0.2) is 0 Å². The van der Waals surface area contributed by atoms with Gasteiger partial charge in [-0.25, -0.2) is 0 Å². The number of hydrogen-bond acceptors (Lipinski definition) is 2. The molecule has 2 heteroatoms. The summed E-state index contributed by atoms with van der Waals surface area (Å²) in [5.41, 5.74) is 7.07. The SMILES string of the molecule is CCC(C)(C)C1CCC(N)C(N(CC2CC2)CC2CC2)C1. The third kappa shape index (κ3) is 4.01. The smallest absolute Gasteiger partial charge is 0.0250 e. The molecule has 2 N–H and O–H groups in total. The fraction of sp³-hybridized carbons (Fsp3) is 1.00. The van der Waals surface area contributed by atoms with Gasteiger partial charge in [0, 0.05) is 25.2 Å². The van der Waals surface area contributed by atoms with Gasteiger partial charge in [0.2, 0.25) is 0 Å². The molecule has 3 aliphatic carbocycles. The van der Waals surface area contributed by atoms with Crippen molar-refractivity contribution in [3.63, 3.8) is 0 Å². The molecule has 0 heterocycles. The Labute approximate surface area is 131 Å². The lowest BCUT2D eigenvalue weighted by Gasteiger charge is -2.46. The van der Waals surface area contributed by atoms with Crippen molar-refractivity contribution >= 4 is 0 Å². The zero-order chi connectivity index (χ0) is 15.0. The van der Waals surface area contributed by atoms with Crippen LogP contribution < -0.4 is 5.73 Å². The molecular formula is C19H36N2. The molecule has 0 amide bonds. The highest BCUT2D eigenvalue weighted by Crippen LogP contribution is 2.43. The van der Waals surface area contributed by atoms with Gasteiger partial charge >= 0.3 is 0 Å². The summed E-state index contributed by atoms with van der Waals surface area (Å²) in [5, 5.41) is 0. The van der Waals surface area contributed by atoms with Crippen molar-refractivity contribution in [3.05, 3.63) is 0 Å². The minimum absolute atomic E-state index is 0.423. The first-order valence-electron chi connectivity index (χ1n) is 9.49. The predicted molar refractivity (Wildman–Crippen MR) is 90.2 cm³/mol. The maximum atomic E-state index is 6.58. The molecule has 0 bridgehead atoms. The Morgan fingerprint density at radius 1 is 0.952 bits per heavy atom.